The molecular weight excluding hydrogens is 392 g/mol. The van der Waals surface area contributed by atoms with E-state index in [4.69, 9.17) is 14.2 Å². The van der Waals surface area contributed by atoms with E-state index in [2.05, 4.69) is 4.99 Å². The van der Waals surface area contributed by atoms with E-state index in [1.165, 1.54) is 11.8 Å². The van der Waals surface area contributed by atoms with Crippen LogP contribution in [0.25, 0.3) is 0 Å². The number of amides is 1. The maximum absolute atomic E-state index is 13.0. The number of carbonyl (C=O) groups excluding carboxylic acids is 2. The number of benzene rings is 1. The first kappa shape index (κ1) is 21.2. The van der Waals surface area contributed by atoms with Gasteiger partial charge in [-0.25, -0.2) is 9.79 Å². The number of allylic oxidation sites excluding steroid dienone is 1. The van der Waals surface area contributed by atoms with Crippen LogP contribution in [0.5, 0.6) is 11.5 Å². The number of aliphatic imine (C=N–C) groups is 1. The number of methoxy groups -OCH3 is 1. The lowest BCUT2D eigenvalue weighted by atomic mass is 9.94. The van der Waals surface area contributed by atoms with Gasteiger partial charge in [-0.05, 0) is 52.3 Å². The fourth-order valence-corrected chi connectivity index (χ4v) is 4.41. The van der Waals surface area contributed by atoms with E-state index < -0.39 is 12.0 Å². The summed E-state index contributed by atoms with van der Waals surface area (Å²) in [6.07, 6.45) is -0.286. The summed E-state index contributed by atoms with van der Waals surface area (Å²) in [4.78, 5) is 32.0. The minimum Gasteiger partial charge on any atom is -0.493 e. The normalized spacial score (nSPS) is 21.3. The molecule has 0 N–H and O–H groups in total. The standard InChI is InChI=1S/C21H26N2O5S/c1-7-27-15-9-8-14(10-16(15)26-6)18-17(20(25)28-11(2)3)12(4)22-21-23(18)19(24)13(5)29-21/h8-11,13,18H,7H2,1-6H3. The summed E-state index contributed by atoms with van der Waals surface area (Å²) in [6, 6.07) is 4.80. The predicted octanol–water partition coefficient (Wildman–Crippen LogP) is 3.69. The fraction of sp³-hybridized carbons (Fsp3) is 0.476. The Bertz CT molecular complexity index is 893. The lowest BCUT2D eigenvalue weighted by Crippen LogP contribution is -2.40. The van der Waals surface area contributed by atoms with Crippen LogP contribution >= 0.6 is 11.8 Å². The number of nitrogens with zero attached hydrogens (tertiary/aromatic N) is 2. The van der Waals surface area contributed by atoms with E-state index in [9.17, 15) is 9.59 Å². The van der Waals surface area contributed by atoms with Gasteiger partial charge in [-0.2, -0.15) is 0 Å². The maximum Gasteiger partial charge on any atom is 0.338 e. The Hall–Kier alpha value is -2.48. The van der Waals surface area contributed by atoms with Gasteiger partial charge in [0, 0.05) is 0 Å². The average molecular weight is 419 g/mol. The monoisotopic (exact) mass is 418 g/mol. The smallest absolute Gasteiger partial charge is 0.338 e. The first-order chi connectivity index (χ1) is 13.8. The molecule has 0 radical (unpaired) electrons. The third-order valence-corrected chi connectivity index (χ3v) is 5.68. The van der Waals surface area contributed by atoms with Crippen molar-refractivity contribution in [3.63, 3.8) is 0 Å². The number of carbonyl (C=O) groups is 2. The summed E-state index contributed by atoms with van der Waals surface area (Å²) >= 11 is 1.39. The molecule has 29 heavy (non-hydrogen) atoms. The Morgan fingerprint density at radius 2 is 2.03 bits per heavy atom. The molecular formula is C21H26N2O5S. The molecule has 1 aromatic carbocycles. The molecule has 0 aliphatic carbocycles. The summed E-state index contributed by atoms with van der Waals surface area (Å²) in [5.74, 6) is 0.574. The number of esters is 1. The number of fused-ring (bicyclic) bond motifs is 1. The molecule has 156 valence electrons. The SMILES string of the molecule is CCOc1ccc(C2C(C(=O)OC(C)C)=C(C)N=C3SC(C)C(=O)N32)cc1OC. The summed E-state index contributed by atoms with van der Waals surface area (Å²) in [7, 11) is 1.56. The maximum atomic E-state index is 13.0. The largest absolute Gasteiger partial charge is 0.493 e. The van der Waals surface area contributed by atoms with Gasteiger partial charge in [0.05, 0.1) is 42.4 Å². The van der Waals surface area contributed by atoms with Crippen LogP contribution in [0.4, 0.5) is 0 Å². The summed E-state index contributed by atoms with van der Waals surface area (Å²) < 4.78 is 16.6. The zero-order valence-corrected chi connectivity index (χ0v) is 18.3. The molecule has 2 aliphatic heterocycles. The van der Waals surface area contributed by atoms with Crippen molar-refractivity contribution in [3.8, 4) is 11.5 Å². The zero-order valence-electron chi connectivity index (χ0n) is 17.5. The summed E-state index contributed by atoms with van der Waals surface area (Å²) in [5.41, 5.74) is 1.64. The highest BCUT2D eigenvalue weighted by molar-refractivity contribution is 8.15. The van der Waals surface area contributed by atoms with Crippen molar-refractivity contribution in [2.45, 2.75) is 52.0 Å². The quantitative estimate of drug-likeness (QED) is 0.656. The van der Waals surface area contributed by atoms with Crippen molar-refractivity contribution in [1.29, 1.82) is 0 Å². The van der Waals surface area contributed by atoms with E-state index >= 15 is 0 Å². The topological polar surface area (TPSA) is 77.4 Å². The second kappa shape index (κ2) is 8.49. The Morgan fingerprint density at radius 1 is 1.31 bits per heavy atom. The highest BCUT2D eigenvalue weighted by Gasteiger charge is 2.46. The molecule has 0 saturated carbocycles. The van der Waals surface area contributed by atoms with Gasteiger partial charge in [-0.15, -0.1) is 0 Å². The number of hydrogen-bond acceptors (Lipinski definition) is 7. The minimum atomic E-state index is -0.636. The van der Waals surface area contributed by atoms with Crippen LogP contribution in [0.1, 0.15) is 46.2 Å². The van der Waals surface area contributed by atoms with E-state index in [0.29, 0.717) is 34.5 Å². The van der Waals surface area contributed by atoms with Gasteiger partial charge < -0.3 is 14.2 Å². The highest BCUT2D eigenvalue weighted by atomic mass is 32.2. The van der Waals surface area contributed by atoms with Crippen LogP contribution in [0.2, 0.25) is 0 Å². The molecule has 1 amide bonds. The van der Waals surface area contributed by atoms with Crippen molar-refractivity contribution >= 4 is 28.8 Å². The molecule has 8 heteroatoms. The molecule has 1 aromatic rings. The third-order valence-electron chi connectivity index (χ3n) is 4.62. The average Bonchev–Trinajstić information content (AvgIpc) is 2.94. The number of thioether (sulfide) groups is 1. The fourth-order valence-electron chi connectivity index (χ4n) is 3.39. The lowest BCUT2D eigenvalue weighted by Gasteiger charge is -2.33. The lowest BCUT2D eigenvalue weighted by molar-refractivity contribution is -0.143. The van der Waals surface area contributed by atoms with Gasteiger partial charge in [0.1, 0.15) is 0 Å². The number of amidine groups is 1. The van der Waals surface area contributed by atoms with Crippen molar-refractivity contribution in [3.05, 3.63) is 35.0 Å². The zero-order chi connectivity index (χ0) is 21.3. The van der Waals surface area contributed by atoms with Crippen molar-refractivity contribution in [2.75, 3.05) is 13.7 Å². The molecule has 0 bridgehead atoms. The van der Waals surface area contributed by atoms with Crippen LogP contribution in [0.15, 0.2) is 34.5 Å². The highest BCUT2D eigenvalue weighted by Crippen LogP contribution is 2.44. The van der Waals surface area contributed by atoms with Crippen molar-refractivity contribution in [2.24, 2.45) is 4.99 Å². The van der Waals surface area contributed by atoms with E-state index in [1.54, 1.807) is 44.9 Å². The molecule has 2 aliphatic rings. The van der Waals surface area contributed by atoms with Gasteiger partial charge in [0.2, 0.25) is 5.91 Å². The number of hydrogen-bond donors (Lipinski definition) is 0. The summed E-state index contributed by atoms with van der Waals surface area (Å²) in [5, 5.41) is 0.327. The number of rotatable bonds is 6. The van der Waals surface area contributed by atoms with Crippen LogP contribution in [-0.2, 0) is 14.3 Å². The molecule has 2 unspecified atom stereocenters. The predicted molar refractivity (Wildman–Crippen MR) is 112 cm³/mol. The van der Waals surface area contributed by atoms with Gasteiger partial charge in [-0.3, -0.25) is 9.69 Å². The van der Waals surface area contributed by atoms with Crippen LogP contribution < -0.4 is 9.47 Å². The Morgan fingerprint density at radius 3 is 2.66 bits per heavy atom. The van der Waals surface area contributed by atoms with E-state index in [-0.39, 0.29) is 17.3 Å². The van der Waals surface area contributed by atoms with Gasteiger partial charge >= 0.3 is 5.97 Å². The number of ether oxygens (including phenoxy) is 3. The van der Waals surface area contributed by atoms with Gasteiger partial charge in [0.15, 0.2) is 16.7 Å². The second-order valence-electron chi connectivity index (χ2n) is 7.06. The van der Waals surface area contributed by atoms with E-state index in [1.807, 2.05) is 19.9 Å². The van der Waals surface area contributed by atoms with Crippen LogP contribution in [-0.4, -0.2) is 47.0 Å². The molecule has 1 fully saturated rings. The Kier molecular flexibility index (Phi) is 6.21. The molecule has 1 saturated heterocycles. The molecule has 2 heterocycles. The van der Waals surface area contributed by atoms with Crippen molar-refractivity contribution in [1.82, 2.24) is 4.90 Å². The summed E-state index contributed by atoms with van der Waals surface area (Å²) in [6.45, 7) is 9.59. The Balaban J connectivity index is 2.14. The molecule has 0 aromatic heterocycles. The second-order valence-corrected chi connectivity index (χ2v) is 8.37. The molecule has 3 rings (SSSR count). The van der Waals surface area contributed by atoms with Crippen molar-refractivity contribution < 1.29 is 23.8 Å². The first-order valence-electron chi connectivity index (χ1n) is 9.59. The van der Waals surface area contributed by atoms with Gasteiger partial charge in [0.25, 0.3) is 0 Å². The minimum absolute atomic E-state index is 0.0889. The molecule has 7 nitrogen and oxygen atoms in total. The molecule has 0 spiro atoms. The van der Waals surface area contributed by atoms with E-state index in [0.717, 1.165) is 5.56 Å². The van der Waals surface area contributed by atoms with Crippen LogP contribution in [0.3, 0.4) is 0 Å². The van der Waals surface area contributed by atoms with Crippen LogP contribution in [0, 0.1) is 0 Å². The Labute approximate surface area is 175 Å². The first-order valence-corrected chi connectivity index (χ1v) is 10.5. The molecule has 2 atom stereocenters. The van der Waals surface area contributed by atoms with Gasteiger partial charge in [-0.1, -0.05) is 17.8 Å². The third kappa shape index (κ3) is 3.99.